The molecule has 1 heterocycles. The number of nitrogens with zero attached hydrogens (tertiary/aromatic N) is 3. The van der Waals surface area contributed by atoms with Crippen LogP contribution >= 0.6 is 11.8 Å². The van der Waals surface area contributed by atoms with E-state index in [1.807, 2.05) is 0 Å². The van der Waals surface area contributed by atoms with Crippen LogP contribution in [-0.4, -0.2) is 21.0 Å². The van der Waals surface area contributed by atoms with Gasteiger partial charge in [-0.05, 0) is 31.9 Å². The van der Waals surface area contributed by atoms with Crippen molar-refractivity contribution in [2.45, 2.75) is 42.8 Å². The Morgan fingerprint density at radius 1 is 1.23 bits per heavy atom. The zero-order valence-electron chi connectivity index (χ0n) is 7.73. The summed E-state index contributed by atoms with van der Waals surface area (Å²) in [5.41, 5.74) is 0. The fraction of sp³-hybridized carbons (Fsp3) is 0.778. The first-order valence-electron chi connectivity index (χ1n) is 4.89. The Kier molecular flexibility index (Phi) is 1.65. The van der Waals surface area contributed by atoms with E-state index in [0.717, 1.165) is 17.1 Å². The van der Waals surface area contributed by atoms with Gasteiger partial charge < -0.3 is 4.57 Å². The Labute approximate surface area is 81.9 Å². The molecule has 0 aliphatic heterocycles. The van der Waals surface area contributed by atoms with Crippen LogP contribution in [0.25, 0.3) is 0 Å². The van der Waals surface area contributed by atoms with Crippen LogP contribution in [0.4, 0.5) is 0 Å². The normalized spacial score (nSPS) is 22.2. The summed E-state index contributed by atoms with van der Waals surface area (Å²) in [5.74, 6) is 1.99. The van der Waals surface area contributed by atoms with Gasteiger partial charge in [0.05, 0.1) is 0 Å². The molecule has 1 aromatic rings. The standard InChI is InChI=1S/C9H13N3S/c1-13-9-11-10-8(6-2-3-6)12(9)7-4-5-7/h6-7H,2-5H2,1H3. The fourth-order valence-corrected chi connectivity index (χ4v) is 2.29. The smallest absolute Gasteiger partial charge is 0.191 e. The maximum atomic E-state index is 4.30. The van der Waals surface area contributed by atoms with Crippen molar-refractivity contribution in [3.63, 3.8) is 0 Å². The lowest BCUT2D eigenvalue weighted by molar-refractivity contribution is 0.627. The van der Waals surface area contributed by atoms with E-state index < -0.39 is 0 Å². The highest BCUT2D eigenvalue weighted by atomic mass is 32.2. The number of hydrogen-bond acceptors (Lipinski definition) is 3. The molecule has 0 amide bonds. The second-order valence-corrected chi connectivity index (χ2v) is 4.69. The molecule has 2 saturated carbocycles. The highest BCUT2D eigenvalue weighted by molar-refractivity contribution is 7.98. The predicted molar refractivity (Wildman–Crippen MR) is 52.0 cm³/mol. The average Bonchev–Trinajstić information content (AvgIpc) is 3.03. The van der Waals surface area contributed by atoms with E-state index in [4.69, 9.17) is 0 Å². The molecule has 2 fully saturated rings. The van der Waals surface area contributed by atoms with Gasteiger partial charge in [0, 0.05) is 12.0 Å². The molecule has 2 aliphatic rings. The van der Waals surface area contributed by atoms with Gasteiger partial charge in [-0.1, -0.05) is 11.8 Å². The van der Waals surface area contributed by atoms with E-state index >= 15 is 0 Å². The Morgan fingerprint density at radius 3 is 2.54 bits per heavy atom. The monoisotopic (exact) mass is 195 g/mol. The molecule has 1 aromatic heterocycles. The molecule has 0 aromatic carbocycles. The van der Waals surface area contributed by atoms with E-state index in [0.29, 0.717) is 0 Å². The van der Waals surface area contributed by atoms with Crippen molar-refractivity contribution in [2.75, 3.05) is 6.26 Å². The lowest BCUT2D eigenvalue weighted by Gasteiger charge is -2.05. The number of aromatic nitrogens is 3. The summed E-state index contributed by atoms with van der Waals surface area (Å²) in [4.78, 5) is 0. The molecule has 2 aliphatic carbocycles. The van der Waals surface area contributed by atoms with Gasteiger partial charge in [0.15, 0.2) is 5.16 Å². The molecule has 4 heteroatoms. The molecule has 70 valence electrons. The number of rotatable bonds is 3. The van der Waals surface area contributed by atoms with Crippen molar-refractivity contribution in [1.82, 2.24) is 14.8 Å². The van der Waals surface area contributed by atoms with Gasteiger partial charge in [-0.15, -0.1) is 10.2 Å². The maximum absolute atomic E-state index is 4.30. The summed E-state index contributed by atoms with van der Waals surface area (Å²) in [7, 11) is 0. The third kappa shape index (κ3) is 1.27. The molecule has 0 saturated heterocycles. The van der Waals surface area contributed by atoms with Crippen LogP contribution < -0.4 is 0 Å². The van der Waals surface area contributed by atoms with E-state index in [1.165, 1.54) is 31.5 Å². The summed E-state index contributed by atoms with van der Waals surface area (Å²) in [6, 6.07) is 0.730. The average molecular weight is 195 g/mol. The summed E-state index contributed by atoms with van der Waals surface area (Å²) in [6.45, 7) is 0. The number of thioether (sulfide) groups is 1. The zero-order valence-corrected chi connectivity index (χ0v) is 8.55. The van der Waals surface area contributed by atoms with Gasteiger partial charge in [0.2, 0.25) is 0 Å². The van der Waals surface area contributed by atoms with E-state index in [1.54, 1.807) is 11.8 Å². The second-order valence-electron chi connectivity index (χ2n) is 3.92. The van der Waals surface area contributed by atoms with Crippen LogP contribution in [0.15, 0.2) is 5.16 Å². The van der Waals surface area contributed by atoms with Crippen LogP contribution in [0.1, 0.15) is 43.5 Å². The predicted octanol–water partition coefficient (Wildman–Crippen LogP) is 2.21. The van der Waals surface area contributed by atoms with Crippen LogP contribution in [0.5, 0.6) is 0 Å². The van der Waals surface area contributed by atoms with Crippen LogP contribution in [-0.2, 0) is 0 Å². The summed E-state index contributed by atoms with van der Waals surface area (Å²) >= 11 is 1.72. The highest BCUT2D eigenvalue weighted by Crippen LogP contribution is 2.45. The van der Waals surface area contributed by atoms with Crippen molar-refractivity contribution in [2.24, 2.45) is 0 Å². The molecule has 0 atom stereocenters. The van der Waals surface area contributed by atoms with Gasteiger partial charge in [0.1, 0.15) is 5.82 Å². The Morgan fingerprint density at radius 2 is 2.00 bits per heavy atom. The fourth-order valence-electron chi connectivity index (χ4n) is 1.72. The first kappa shape index (κ1) is 7.85. The molecule has 13 heavy (non-hydrogen) atoms. The van der Waals surface area contributed by atoms with Crippen LogP contribution in [0.3, 0.4) is 0 Å². The molecule has 3 rings (SSSR count). The Bertz CT molecular complexity index is 326. The second kappa shape index (κ2) is 2.74. The van der Waals surface area contributed by atoms with E-state index in [9.17, 15) is 0 Å². The molecule has 0 spiro atoms. The van der Waals surface area contributed by atoms with Crippen molar-refractivity contribution in [3.8, 4) is 0 Å². The molecule has 0 unspecified atom stereocenters. The maximum Gasteiger partial charge on any atom is 0.191 e. The third-order valence-electron chi connectivity index (χ3n) is 2.73. The van der Waals surface area contributed by atoms with E-state index in [-0.39, 0.29) is 0 Å². The van der Waals surface area contributed by atoms with Crippen molar-refractivity contribution >= 4 is 11.8 Å². The highest BCUT2D eigenvalue weighted by Gasteiger charge is 2.35. The first-order valence-corrected chi connectivity index (χ1v) is 6.11. The Balaban J connectivity index is 2.01. The van der Waals surface area contributed by atoms with Gasteiger partial charge >= 0.3 is 0 Å². The van der Waals surface area contributed by atoms with Crippen molar-refractivity contribution < 1.29 is 0 Å². The zero-order chi connectivity index (χ0) is 8.84. The van der Waals surface area contributed by atoms with Gasteiger partial charge in [-0.2, -0.15) is 0 Å². The summed E-state index contributed by atoms with van der Waals surface area (Å²) in [5, 5.41) is 9.65. The Hall–Kier alpha value is -0.510. The van der Waals surface area contributed by atoms with Gasteiger partial charge in [-0.25, -0.2) is 0 Å². The summed E-state index contributed by atoms with van der Waals surface area (Å²) < 4.78 is 2.38. The topological polar surface area (TPSA) is 30.7 Å². The molecule has 0 bridgehead atoms. The SMILES string of the molecule is CSc1nnc(C2CC2)n1C1CC1. The van der Waals surface area contributed by atoms with Crippen molar-refractivity contribution in [1.29, 1.82) is 0 Å². The third-order valence-corrected chi connectivity index (χ3v) is 3.37. The largest absolute Gasteiger partial charge is 0.303 e. The van der Waals surface area contributed by atoms with Gasteiger partial charge in [0.25, 0.3) is 0 Å². The minimum atomic E-state index is 0.730. The van der Waals surface area contributed by atoms with Crippen LogP contribution in [0.2, 0.25) is 0 Å². The van der Waals surface area contributed by atoms with Crippen LogP contribution in [0, 0.1) is 0 Å². The molecule has 3 nitrogen and oxygen atoms in total. The van der Waals surface area contributed by atoms with Gasteiger partial charge in [-0.3, -0.25) is 0 Å². The minimum Gasteiger partial charge on any atom is -0.303 e. The first-order chi connectivity index (χ1) is 6.40. The molecule has 0 radical (unpaired) electrons. The minimum absolute atomic E-state index is 0.730. The lowest BCUT2D eigenvalue weighted by Crippen LogP contribution is -2.01. The van der Waals surface area contributed by atoms with Crippen molar-refractivity contribution in [3.05, 3.63) is 5.82 Å². The quantitative estimate of drug-likeness (QED) is 0.693. The molecular weight excluding hydrogens is 182 g/mol. The molecular formula is C9H13N3S. The lowest BCUT2D eigenvalue weighted by atomic mass is 10.4. The summed E-state index contributed by atoms with van der Waals surface area (Å²) in [6.07, 6.45) is 7.37. The number of hydrogen-bond donors (Lipinski definition) is 0. The van der Waals surface area contributed by atoms with E-state index in [2.05, 4.69) is 21.0 Å². The molecule has 0 N–H and O–H groups in total.